The Balaban J connectivity index is 1.75. The Kier molecular flexibility index (Phi) is 4.60. The Hall–Kier alpha value is -3.19. The Morgan fingerprint density at radius 2 is 2.04 bits per heavy atom. The number of benzene rings is 2. The molecule has 0 aliphatic heterocycles. The molecule has 1 N–H and O–H groups in total. The molecule has 0 unspecified atom stereocenters. The molecule has 0 radical (unpaired) electrons. The summed E-state index contributed by atoms with van der Waals surface area (Å²) in [5, 5.41) is 18.0. The van der Waals surface area contributed by atoms with Crippen LogP contribution < -0.4 is 0 Å². The van der Waals surface area contributed by atoms with Gasteiger partial charge in [0.2, 0.25) is 11.8 Å². The maximum atomic E-state index is 13.7. The number of halogens is 2. The molecule has 0 amide bonds. The van der Waals surface area contributed by atoms with E-state index in [1.807, 2.05) is 0 Å². The average molecular weight is 401 g/mol. The first-order valence-electron chi connectivity index (χ1n) is 8.44. The van der Waals surface area contributed by atoms with E-state index in [2.05, 4.69) is 10.2 Å². The SMILES string of the molecule is C[C@@H](CC(=O)O)c1nnc(-c2ccc3occ(-c4cc(F)ccc4Cl)c3c2)o1. The Morgan fingerprint density at radius 1 is 1.21 bits per heavy atom. The van der Waals surface area contributed by atoms with E-state index in [0.717, 1.165) is 0 Å². The summed E-state index contributed by atoms with van der Waals surface area (Å²) in [6, 6.07) is 9.40. The largest absolute Gasteiger partial charge is 0.481 e. The van der Waals surface area contributed by atoms with Crippen molar-refractivity contribution in [2.75, 3.05) is 0 Å². The third-order valence-electron chi connectivity index (χ3n) is 4.38. The molecule has 28 heavy (non-hydrogen) atoms. The number of fused-ring (bicyclic) bond motifs is 1. The average Bonchev–Trinajstić information content (AvgIpc) is 3.30. The molecule has 2 aromatic heterocycles. The van der Waals surface area contributed by atoms with Gasteiger partial charge in [-0.3, -0.25) is 4.79 Å². The minimum atomic E-state index is -0.941. The van der Waals surface area contributed by atoms with Gasteiger partial charge in [0.1, 0.15) is 11.4 Å². The predicted molar refractivity (Wildman–Crippen MR) is 101 cm³/mol. The van der Waals surface area contributed by atoms with Crippen LogP contribution in [-0.4, -0.2) is 21.3 Å². The monoisotopic (exact) mass is 400 g/mol. The highest BCUT2D eigenvalue weighted by atomic mass is 35.5. The number of carboxylic acids is 1. The Morgan fingerprint density at radius 3 is 2.82 bits per heavy atom. The molecule has 0 aliphatic rings. The molecule has 2 aromatic carbocycles. The van der Waals surface area contributed by atoms with Crippen LogP contribution in [0.5, 0.6) is 0 Å². The van der Waals surface area contributed by atoms with Crippen molar-refractivity contribution in [3.05, 3.63) is 59.4 Å². The van der Waals surface area contributed by atoms with Gasteiger partial charge in [-0.1, -0.05) is 18.5 Å². The van der Waals surface area contributed by atoms with Crippen LogP contribution in [0.4, 0.5) is 4.39 Å². The van der Waals surface area contributed by atoms with Gasteiger partial charge in [-0.15, -0.1) is 10.2 Å². The minimum absolute atomic E-state index is 0.107. The molecule has 4 aromatic rings. The second kappa shape index (κ2) is 7.09. The normalized spacial score (nSPS) is 12.4. The number of carbonyl (C=O) groups is 1. The Bertz CT molecular complexity index is 1180. The smallest absolute Gasteiger partial charge is 0.304 e. The van der Waals surface area contributed by atoms with Crippen LogP contribution in [0.15, 0.2) is 51.5 Å². The summed E-state index contributed by atoms with van der Waals surface area (Å²) >= 11 is 6.23. The number of hydrogen-bond acceptors (Lipinski definition) is 5. The summed E-state index contributed by atoms with van der Waals surface area (Å²) in [5.74, 6) is -1.25. The van der Waals surface area contributed by atoms with Crippen molar-refractivity contribution in [3.63, 3.8) is 0 Å². The van der Waals surface area contributed by atoms with Crippen LogP contribution >= 0.6 is 11.6 Å². The third-order valence-corrected chi connectivity index (χ3v) is 4.71. The molecule has 0 saturated heterocycles. The lowest BCUT2D eigenvalue weighted by Crippen LogP contribution is -2.02. The second-order valence-corrected chi connectivity index (χ2v) is 6.84. The van der Waals surface area contributed by atoms with Gasteiger partial charge in [0.05, 0.1) is 12.7 Å². The fourth-order valence-electron chi connectivity index (χ4n) is 2.97. The fraction of sp³-hybridized carbons (Fsp3) is 0.150. The molecule has 1 atom stereocenters. The van der Waals surface area contributed by atoms with Crippen molar-refractivity contribution in [2.45, 2.75) is 19.3 Å². The summed E-state index contributed by atoms with van der Waals surface area (Å²) in [5.41, 5.74) is 2.38. The zero-order valence-electron chi connectivity index (χ0n) is 14.6. The van der Waals surface area contributed by atoms with E-state index in [-0.39, 0.29) is 18.2 Å². The van der Waals surface area contributed by atoms with Gasteiger partial charge in [0, 0.05) is 33.0 Å². The maximum absolute atomic E-state index is 13.7. The molecular weight excluding hydrogens is 387 g/mol. The summed E-state index contributed by atoms with van der Waals surface area (Å²) in [7, 11) is 0. The van der Waals surface area contributed by atoms with Gasteiger partial charge in [-0.2, -0.15) is 0 Å². The highest BCUT2D eigenvalue weighted by Crippen LogP contribution is 2.37. The number of carboxylic acid groups (broad SMARTS) is 1. The lowest BCUT2D eigenvalue weighted by atomic mass is 10.0. The molecule has 0 saturated carbocycles. The van der Waals surface area contributed by atoms with Gasteiger partial charge in [0.25, 0.3) is 0 Å². The first-order valence-corrected chi connectivity index (χ1v) is 8.82. The number of aromatic nitrogens is 2. The first kappa shape index (κ1) is 18.2. The predicted octanol–water partition coefficient (Wildman–Crippen LogP) is 5.52. The summed E-state index contributed by atoms with van der Waals surface area (Å²) < 4.78 is 24.9. The number of furan rings is 1. The molecule has 8 heteroatoms. The zero-order valence-corrected chi connectivity index (χ0v) is 15.4. The summed E-state index contributed by atoms with van der Waals surface area (Å²) in [6.45, 7) is 1.70. The molecule has 4 rings (SSSR count). The third kappa shape index (κ3) is 3.36. The quantitative estimate of drug-likeness (QED) is 0.474. The zero-order chi connectivity index (χ0) is 19.8. The van der Waals surface area contributed by atoms with E-state index in [1.165, 1.54) is 24.5 Å². The Labute approximate surface area is 163 Å². The molecule has 0 aliphatic carbocycles. The number of rotatable bonds is 5. The summed E-state index contributed by atoms with van der Waals surface area (Å²) in [6.07, 6.45) is 1.41. The topological polar surface area (TPSA) is 89.4 Å². The van der Waals surface area contributed by atoms with Gasteiger partial charge in [-0.05, 0) is 36.4 Å². The van der Waals surface area contributed by atoms with E-state index in [1.54, 1.807) is 25.1 Å². The number of aliphatic carboxylic acids is 1. The summed E-state index contributed by atoms with van der Waals surface area (Å²) in [4.78, 5) is 10.9. The van der Waals surface area contributed by atoms with E-state index >= 15 is 0 Å². The van der Waals surface area contributed by atoms with Crippen molar-refractivity contribution in [2.24, 2.45) is 0 Å². The van der Waals surface area contributed by atoms with Crippen LogP contribution in [0.3, 0.4) is 0 Å². The van der Waals surface area contributed by atoms with Crippen LogP contribution in [0.2, 0.25) is 5.02 Å². The van der Waals surface area contributed by atoms with Gasteiger partial charge in [0.15, 0.2) is 0 Å². The highest BCUT2D eigenvalue weighted by Gasteiger charge is 2.19. The van der Waals surface area contributed by atoms with Crippen LogP contribution in [0.1, 0.15) is 25.2 Å². The van der Waals surface area contributed by atoms with Crippen molar-refractivity contribution >= 4 is 28.5 Å². The van der Waals surface area contributed by atoms with Gasteiger partial charge in [-0.25, -0.2) is 4.39 Å². The first-order chi connectivity index (χ1) is 13.4. The van der Waals surface area contributed by atoms with Crippen molar-refractivity contribution in [3.8, 4) is 22.6 Å². The molecule has 0 bridgehead atoms. The molecule has 142 valence electrons. The van der Waals surface area contributed by atoms with E-state index in [0.29, 0.717) is 32.7 Å². The lowest BCUT2D eigenvalue weighted by molar-refractivity contribution is -0.137. The van der Waals surface area contributed by atoms with Gasteiger partial charge >= 0.3 is 5.97 Å². The van der Waals surface area contributed by atoms with E-state index in [9.17, 15) is 9.18 Å². The van der Waals surface area contributed by atoms with Crippen LogP contribution in [0, 0.1) is 5.82 Å². The molecule has 0 fully saturated rings. The van der Waals surface area contributed by atoms with Crippen molar-refractivity contribution in [1.29, 1.82) is 0 Å². The molecule has 0 spiro atoms. The number of hydrogen-bond donors (Lipinski definition) is 1. The lowest BCUT2D eigenvalue weighted by Gasteiger charge is -2.03. The molecular formula is C20H14ClFN2O4. The van der Waals surface area contributed by atoms with E-state index < -0.39 is 17.7 Å². The molecule has 6 nitrogen and oxygen atoms in total. The highest BCUT2D eigenvalue weighted by molar-refractivity contribution is 6.33. The van der Waals surface area contributed by atoms with Crippen molar-refractivity contribution in [1.82, 2.24) is 10.2 Å². The fourth-order valence-corrected chi connectivity index (χ4v) is 3.19. The van der Waals surface area contributed by atoms with Gasteiger partial charge < -0.3 is 13.9 Å². The van der Waals surface area contributed by atoms with E-state index in [4.69, 9.17) is 25.5 Å². The molecule has 2 heterocycles. The van der Waals surface area contributed by atoms with Crippen LogP contribution in [0.25, 0.3) is 33.6 Å². The maximum Gasteiger partial charge on any atom is 0.304 e. The standard InChI is InChI=1S/C20H14ClFN2O4/c1-10(6-18(25)26)19-23-24-20(28-19)11-2-5-17-14(7-11)15(9-27-17)13-8-12(22)3-4-16(13)21/h2-5,7-10H,6H2,1H3,(H,25,26)/t10-/m0/s1. The van der Waals surface area contributed by atoms with Crippen molar-refractivity contribution < 1.29 is 23.1 Å². The van der Waals surface area contributed by atoms with Crippen LogP contribution in [-0.2, 0) is 4.79 Å². The number of nitrogens with zero attached hydrogens (tertiary/aromatic N) is 2. The minimum Gasteiger partial charge on any atom is -0.481 e. The second-order valence-electron chi connectivity index (χ2n) is 6.43.